The summed E-state index contributed by atoms with van der Waals surface area (Å²) in [5.41, 5.74) is -2.45. The molecule has 0 amide bonds. The summed E-state index contributed by atoms with van der Waals surface area (Å²) in [5.74, 6) is 1.02. The first kappa shape index (κ1) is 15.3. The molecule has 2 aromatic rings. The lowest BCUT2D eigenvalue weighted by molar-refractivity contribution is -0.0914. The molecular formula is C13H12FN5O4. The molecule has 0 aromatic carbocycles. The Morgan fingerprint density at radius 3 is 2.96 bits per heavy atom. The number of ether oxygens (including phenoxy) is 1. The molecular weight excluding hydrogens is 309 g/mol. The smallest absolute Gasteiger partial charge is 0.351 e. The molecule has 1 saturated heterocycles. The second-order valence-electron chi connectivity index (χ2n) is 4.96. The van der Waals surface area contributed by atoms with Crippen LogP contribution in [-0.4, -0.2) is 52.8 Å². The molecule has 10 heteroatoms. The van der Waals surface area contributed by atoms with Gasteiger partial charge in [0.15, 0.2) is 17.2 Å². The van der Waals surface area contributed by atoms with Crippen molar-refractivity contribution in [1.29, 1.82) is 0 Å². The van der Waals surface area contributed by atoms with E-state index in [0.29, 0.717) is 0 Å². The number of terminal acetylenes is 1. The van der Waals surface area contributed by atoms with Crippen LogP contribution in [0.15, 0.2) is 23.6 Å². The van der Waals surface area contributed by atoms with Crippen LogP contribution in [0.2, 0.25) is 0 Å². The highest BCUT2D eigenvalue weighted by Crippen LogP contribution is 2.35. The Bertz CT molecular complexity index is 815. The van der Waals surface area contributed by atoms with Gasteiger partial charge < -0.3 is 14.9 Å². The molecule has 1 aliphatic heterocycles. The van der Waals surface area contributed by atoms with Crippen LogP contribution in [0.3, 0.4) is 0 Å². The van der Waals surface area contributed by atoms with Gasteiger partial charge in [0, 0.05) is 6.42 Å². The molecule has 0 saturated carbocycles. The van der Waals surface area contributed by atoms with Gasteiger partial charge in [0.1, 0.15) is 25.0 Å². The summed E-state index contributed by atoms with van der Waals surface area (Å²) < 4.78 is 21.5. The number of aliphatic hydroxyl groups excluding tert-OH is 2. The number of aromatic nitrogens is 5. The zero-order chi connectivity index (χ0) is 16.6. The van der Waals surface area contributed by atoms with E-state index in [9.17, 15) is 19.4 Å². The van der Waals surface area contributed by atoms with E-state index < -0.39 is 36.0 Å². The fourth-order valence-corrected chi connectivity index (χ4v) is 2.36. The van der Waals surface area contributed by atoms with Crippen LogP contribution in [0.1, 0.15) is 12.6 Å². The van der Waals surface area contributed by atoms with Crippen molar-refractivity contribution in [2.45, 2.75) is 24.4 Å². The second-order valence-corrected chi connectivity index (χ2v) is 4.96. The van der Waals surface area contributed by atoms with E-state index in [1.807, 2.05) is 0 Å². The first-order chi connectivity index (χ1) is 11.0. The largest absolute Gasteiger partial charge is 0.392 e. The molecule has 9 nitrogen and oxygen atoms in total. The monoisotopic (exact) mass is 321 g/mol. The van der Waals surface area contributed by atoms with Gasteiger partial charge in [-0.15, -0.1) is 6.42 Å². The Balaban J connectivity index is 1.98. The Kier molecular flexibility index (Phi) is 3.69. The van der Waals surface area contributed by atoms with E-state index in [1.54, 1.807) is 0 Å². The zero-order valence-corrected chi connectivity index (χ0v) is 11.7. The van der Waals surface area contributed by atoms with Gasteiger partial charge in [0.2, 0.25) is 0 Å². The Hall–Kier alpha value is -2.61. The second kappa shape index (κ2) is 5.54. The molecule has 1 fully saturated rings. The van der Waals surface area contributed by atoms with Crippen LogP contribution < -0.4 is 5.69 Å². The Morgan fingerprint density at radius 1 is 1.61 bits per heavy atom. The maximum Gasteiger partial charge on any atom is 0.351 e. The SMILES string of the molecule is C#C[C@]1(CO)O[C@@H](n2cc(F)c(-n3cncn3)nc2=O)CC1O. The lowest BCUT2D eigenvalue weighted by Gasteiger charge is -2.23. The average molecular weight is 321 g/mol. The third kappa shape index (κ3) is 2.40. The van der Waals surface area contributed by atoms with Crippen LogP contribution in [0.25, 0.3) is 5.82 Å². The molecule has 3 atom stereocenters. The Labute approximate surface area is 129 Å². The van der Waals surface area contributed by atoms with Gasteiger partial charge in [-0.05, 0) is 0 Å². The molecule has 3 rings (SSSR count). The van der Waals surface area contributed by atoms with Crippen LogP contribution in [0.4, 0.5) is 4.39 Å². The number of aliphatic hydroxyl groups is 2. The molecule has 2 aromatic heterocycles. The minimum Gasteiger partial charge on any atom is -0.392 e. The van der Waals surface area contributed by atoms with Crippen molar-refractivity contribution in [2.75, 3.05) is 6.61 Å². The lowest BCUT2D eigenvalue weighted by atomic mass is 9.99. The zero-order valence-electron chi connectivity index (χ0n) is 11.7. The normalized spacial score (nSPS) is 27.0. The minimum absolute atomic E-state index is 0.0888. The summed E-state index contributed by atoms with van der Waals surface area (Å²) in [7, 11) is 0. The van der Waals surface area contributed by atoms with Crippen LogP contribution >= 0.6 is 0 Å². The van der Waals surface area contributed by atoms with Crippen molar-refractivity contribution in [2.24, 2.45) is 0 Å². The van der Waals surface area contributed by atoms with Crippen molar-refractivity contribution in [3.8, 4) is 18.2 Å². The van der Waals surface area contributed by atoms with Crippen LogP contribution in [-0.2, 0) is 4.74 Å². The molecule has 1 unspecified atom stereocenters. The van der Waals surface area contributed by atoms with Crippen LogP contribution in [0.5, 0.6) is 0 Å². The van der Waals surface area contributed by atoms with E-state index >= 15 is 0 Å². The number of halogens is 1. The Morgan fingerprint density at radius 2 is 2.39 bits per heavy atom. The maximum absolute atomic E-state index is 14.2. The fraction of sp³-hybridized carbons (Fsp3) is 0.385. The highest BCUT2D eigenvalue weighted by atomic mass is 19.1. The highest BCUT2D eigenvalue weighted by Gasteiger charge is 2.47. The van der Waals surface area contributed by atoms with E-state index in [4.69, 9.17) is 11.2 Å². The topological polar surface area (TPSA) is 115 Å². The molecule has 23 heavy (non-hydrogen) atoms. The van der Waals surface area contributed by atoms with E-state index in [0.717, 1.165) is 15.4 Å². The van der Waals surface area contributed by atoms with Gasteiger partial charge >= 0.3 is 5.69 Å². The van der Waals surface area contributed by atoms with Gasteiger partial charge in [-0.2, -0.15) is 14.8 Å². The van der Waals surface area contributed by atoms with Crippen molar-refractivity contribution in [1.82, 2.24) is 24.3 Å². The molecule has 120 valence electrons. The summed E-state index contributed by atoms with van der Waals surface area (Å²) in [4.78, 5) is 19.4. The molecule has 0 spiro atoms. The summed E-state index contributed by atoms with van der Waals surface area (Å²) in [5, 5.41) is 23.0. The van der Waals surface area contributed by atoms with Gasteiger partial charge in [-0.3, -0.25) is 4.57 Å². The first-order valence-electron chi connectivity index (χ1n) is 6.59. The molecule has 0 radical (unpaired) electrons. The van der Waals surface area contributed by atoms with Crippen molar-refractivity contribution in [3.63, 3.8) is 0 Å². The standard InChI is InChI=1S/C13H12FN5O4/c1-2-13(5-20)9(21)3-10(23-13)18-4-8(14)11(17-12(18)22)19-7-15-6-16-19/h1,4,6-7,9-10,20-21H,3,5H2/t9?,10-,13-/m1/s1. The van der Waals surface area contributed by atoms with Crippen LogP contribution in [0, 0.1) is 18.2 Å². The third-order valence-electron chi connectivity index (χ3n) is 3.62. The molecule has 3 heterocycles. The highest BCUT2D eigenvalue weighted by molar-refractivity contribution is 5.20. The maximum atomic E-state index is 14.2. The average Bonchev–Trinajstić information content (AvgIpc) is 3.17. The molecule has 1 aliphatic rings. The summed E-state index contributed by atoms with van der Waals surface area (Å²) in [6, 6.07) is 0. The third-order valence-corrected chi connectivity index (χ3v) is 3.62. The predicted molar refractivity (Wildman–Crippen MR) is 72.8 cm³/mol. The summed E-state index contributed by atoms with van der Waals surface area (Å²) in [6.07, 6.45) is 6.19. The number of rotatable bonds is 3. The molecule has 0 bridgehead atoms. The van der Waals surface area contributed by atoms with Gasteiger partial charge in [-0.25, -0.2) is 14.2 Å². The number of hydrogen-bond acceptors (Lipinski definition) is 7. The number of hydrogen-bond donors (Lipinski definition) is 2. The molecule has 2 N–H and O–H groups in total. The lowest BCUT2D eigenvalue weighted by Crippen LogP contribution is -2.41. The minimum atomic E-state index is -1.63. The van der Waals surface area contributed by atoms with E-state index in [1.165, 1.54) is 12.7 Å². The molecule has 0 aliphatic carbocycles. The van der Waals surface area contributed by atoms with Gasteiger partial charge in [0.05, 0.1) is 12.8 Å². The van der Waals surface area contributed by atoms with Gasteiger partial charge in [0.25, 0.3) is 0 Å². The van der Waals surface area contributed by atoms with Crippen molar-refractivity contribution < 1.29 is 19.3 Å². The first-order valence-corrected chi connectivity index (χ1v) is 6.59. The van der Waals surface area contributed by atoms with Gasteiger partial charge in [-0.1, -0.05) is 5.92 Å². The fourth-order valence-electron chi connectivity index (χ4n) is 2.36. The van der Waals surface area contributed by atoms with Crippen molar-refractivity contribution in [3.05, 3.63) is 35.2 Å². The predicted octanol–water partition coefficient (Wildman–Crippen LogP) is -1.39. The van der Waals surface area contributed by atoms with Crippen molar-refractivity contribution >= 4 is 0 Å². The number of nitrogens with zero attached hydrogens (tertiary/aromatic N) is 5. The summed E-state index contributed by atoms with van der Waals surface area (Å²) >= 11 is 0. The quantitative estimate of drug-likeness (QED) is 0.669. The van der Waals surface area contributed by atoms with E-state index in [2.05, 4.69) is 21.0 Å². The van der Waals surface area contributed by atoms with E-state index in [-0.39, 0.29) is 12.2 Å². The summed E-state index contributed by atoms with van der Waals surface area (Å²) in [6.45, 7) is -0.636.